The zero-order valence-electron chi connectivity index (χ0n) is 14.5. The predicted molar refractivity (Wildman–Crippen MR) is 97.9 cm³/mol. The third-order valence-electron chi connectivity index (χ3n) is 4.56. The predicted octanol–water partition coefficient (Wildman–Crippen LogP) is 3.14. The molecule has 0 spiro atoms. The summed E-state index contributed by atoms with van der Waals surface area (Å²) >= 11 is 0. The van der Waals surface area contributed by atoms with E-state index in [9.17, 15) is 4.79 Å². The molecular formula is C18H21N7O. The van der Waals surface area contributed by atoms with Crippen molar-refractivity contribution >= 4 is 17.5 Å². The van der Waals surface area contributed by atoms with Crippen LogP contribution in [0.3, 0.4) is 0 Å². The summed E-state index contributed by atoms with van der Waals surface area (Å²) in [5.74, 6) is 1.20. The summed E-state index contributed by atoms with van der Waals surface area (Å²) in [5.41, 5.74) is 1.77. The first-order valence-corrected chi connectivity index (χ1v) is 8.72. The van der Waals surface area contributed by atoms with Crippen molar-refractivity contribution in [2.75, 3.05) is 10.6 Å². The van der Waals surface area contributed by atoms with Crippen molar-refractivity contribution in [3.63, 3.8) is 0 Å². The van der Waals surface area contributed by atoms with Gasteiger partial charge in [-0.25, -0.2) is 4.79 Å². The molecular weight excluding hydrogens is 330 g/mol. The van der Waals surface area contributed by atoms with Gasteiger partial charge in [-0.1, -0.05) is 0 Å². The van der Waals surface area contributed by atoms with Crippen LogP contribution in [-0.4, -0.2) is 30.6 Å². The largest absolute Gasteiger partial charge is 0.324 e. The number of rotatable bonds is 6. The maximum Gasteiger partial charge on any atom is 0.324 e. The van der Waals surface area contributed by atoms with Crippen molar-refractivity contribution in [1.82, 2.24) is 24.5 Å². The molecule has 3 heterocycles. The van der Waals surface area contributed by atoms with Crippen LogP contribution in [0.25, 0.3) is 0 Å². The molecule has 0 radical (unpaired) electrons. The Bertz CT molecular complexity index is 882. The number of urea groups is 1. The molecule has 0 aromatic carbocycles. The fourth-order valence-corrected chi connectivity index (χ4v) is 2.89. The van der Waals surface area contributed by atoms with E-state index in [4.69, 9.17) is 0 Å². The first-order chi connectivity index (χ1) is 12.7. The Hall–Kier alpha value is -3.16. The van der Waals surface area contributed by atoms with Crippen LogP contribution in [0.5, 0.6) is 0 Å². The summed E-state index contributed by atoms with van der Waals surface area (Å²) in [6.07, 6.45) is 11.4. The minimum absolute atomic E-state index is 0.335. The van der Waals surface area contributed by atoms with Gasteiger partial charge in [0.15, 0.2) is 5.82 Å². The second-order valence-electron chi connectivity index (χ2n) is 6.62. The Morgan fingerprint density at radius 3 is 2.85 bits per heavy atom. The standard InChI is InChI=1S/C18H21N7O/c1-13(15-2-3-15)25-12-16(10-20-25)21-18(26)22-17-6-9-24(23-17)11-14-4-7-19-8-5-14/h4-10,12-13,15H,2-3,11H2,1H3,(H2,21,22,23,26). The summed E-state index contributed by atoms with van der Waals surface area (Å²) in [6, 6.07) is 5.67. The van der Waals surface area contributed by atoms with Gasteiger partial charge in [0.2, 0.25) is 0 Å². The zero-order valence-corrected chi connectivity index (χ0v) is 14.5. The second kappa shape index (κ2) is 6.99. The maximum absolute atomic E-state index is 12.2. The number of nitrogens with one attached hydrogen (secondary N) is 2. The minimum atomic E-state index is -0.335. The van der Waals surface area contributed by atoms with Gasteiger partial charge in [-0.2, -0.15) is 10.2 Å². The molecule has 134 valence electrons. The van der Waals surface area contributed by atoms with Crippen LogP contribution in [0.2, 0.25) is 0 Å². The van der Waals surface area contributed by atoms with E-state index in [1.807, 2.05) is 29.2 Å². The van der Waals surface area contributed by atoms with E-state index in [1.165, 1.54) is 12.8 Å². The van der Waals surface area contributed by atoms with Crippen molar-refractivity contribution in [3.05, 3.63) is 54.7 Å². The van der Waals surface area contributed by atoms with Gasteiger partial charge in [-0.05, 0) is 43.4 Å². The van der Waals surface area contributed by atoms with Crippen molar-refractivity contribution in [2.24, 2.45) is 5.92 Å². The summed E-state index contributed by atoms with van der Waals surface area (Å²) in [7, 11) is 0. The minimum Gasteiger partial charge on any atom is -0.305 e. The number of anilines is 2. The zero-order chi connectivity index (χ0) is 17.9. The van der Waals surface area contributed by atoms with Crippen LogP contribution in [-0.2, 0) is 6.54 Å². The topological polar surface area (TPSA) is 89.7 Å². The Labute approximate surface area is 151 Å². The lowest BCUT2D eigenvalue weighted by molar-refractivity contribution is 0.262. The van der Waals surface area contributed by atoms with E-state index >= 15 is 0 Å². The van der Waals surface area contributed by atoms with E-state index in [2.05, 4.69) is 32.7 Å². The fourth-order valence-electron chi connectivity index (χ4n) is 2.89. The molecule has 1 unspecified atom stereocenters. The highest BCUT2D eigenvalue weighted by molar-refractivity contribution is 5.98. The van der Waals surface area contributed by atoms with Crippen LogP contribution in [0.1, 0.15) is 31.4 Å². The SMILES string of the molecule is CC(C1CC1)n1cc(NC(=O)Nc2ccn(Cc3ccncc3)n2)cn1. The van der Waals surface area contributed by atoms with Gasteiger partial charge in [0, 0.05) is 30.9 Å². The molecule has 0 bridgehead atoms. The number of pyridine rings is 1. The van der Waals surface area contributed by atoms with E-state index < -0.39 is 0 Å². The van der Waals surface area contributed by atoms with Crippen molar-refractivity contribution < 1.29 is 4.79 Å². The normalized spacial score (nSPS) is 14.8. The molecule has 1 aliphatic rings. The average molecular weight is 351 g/mol. The highest BCUT2D eigenvalue weighted by atomic mass is 16.2. The first-order valence-electron chi connectivity index (χ1n) is 8.72. The molecule has 3 aromatic rings. The second-order valence-corrected chi connectivity index (χ2v) is 6.62. The molecule has 1 atom stereocenters. The summed E-state index contributed by atoms with van der Waals surface area (Å²) in [4.78, 5) is 16.2. The van der Waals surface area contributed by atoms with Crippen molar-refractivity contribution in [2.45, 2.75) is 32.4 Å². The Balaban J connectivity index is 1.32. The van der Waals surface area contributed by atoms with Crippen LogP contribution in [0.15, 0.2) is 49.2 Å². The van der Waals surface area contributed by atoms with E-state index in [-0.39, 0.29) is 6.03 Å². The number of hydrogen-bond donors (Lipinski definition) is 2. The molecule has 1 saturated carbocycles. The van der Waals surface area contributed by atoms with Crippen LogP contribution in [0, 0.1) is 5.92 Å². The lowest BCUT2D eigenvalue weighted by atomic mass is 10.2. The number of carbonyl (C=O) groups excluding carboxylic acids is 1. The molecule has 0 saturated heterocycles. The molecule has 4 rings (SSSR count). The fraction of sp³-hybridized carbons (Fsp3) is 0.333. The number of carbonyl (C=O) groups is 1. The van der Waals surface area contributed by atoms with Gasteiger partial charge in [0.25, 0.3) is 0 Å². The number of aromatic nitrogens is 5. The van der Waals surface area contributed by atoms with Gasteiger partial charge in [-0.3, -0.25) is 19.7 Å². The lowest BCUT2D eigenvalue weighted by Gasteiger charge is -2.09. The monoisotopic (exact) mass is 351 g/mol. The van der Waals surface area contributed by atoms with E-state index in [0.29, 0.717) is 30.0 Å². The van der Waals surface area contributed by atoms with Gasteiger partial charge >= 0.3 is 6.03 Å². The van der Waals surface area contributed by atoms with E-state index in [1.54, 1.807) is 29.3 Å². The Morgan fingerprint density at radius 1 is 1.27 bits per heavy atom. The van der Waals surface area contributed by atoms with Crippen LogP contribution < -0.4 is 10.6 Å². The maximum atomic E-state index is 12.2. The number of amides is 2. The van der Waals surface area contributed by atoms with E-state index in [0.717, 1.165) is 5.56 Å². The van der Waals surface area contributed by atoms with Crippen LogP contribution >= 0.6 is 0 Å². The molecule has 2 amide bonds. The molecule has 0 aliphatic heterocycles. The highest BCUT2D eigenvalue weighted by Crippen LogP contribution is 2.39. The lowest BCUT2D eigenvalue weighted by Crippen LogP contribution is -2.19. The Morgan fingerprint density at radius 2 is 2.08 bits per heavy atom. The molecule has 3 aromatic heterocycles. The van der Waals surface area contributed by atoms with Crippen LogP contribution in [0.4, 0.5) is 16.3 Å². The molecule has 1 fully saturated rings. The molecule has 8 nitrogen and oxygen atoms in total. The molecule has 8 heteroatoms. The van der Waals surface area contributed by atoms with Gasteiger partial charge < -0.3 is 5.32 Å². The average Bonchev–Trinajstić information content (AvgIpc) is 3.24. The van der Waals surface area contributed by atoms with Crippen molar-refractivity contribution in [3.8, 4) is 0 Å². The summed E-state index contributed by atoms with van der Waals surface area (Å²) in [5, 5.41) is 14.2. The molecule has 26 heavy (non-hydrogen) atoms. The molecule has 1 aliphatic carbocycles. The summed E-state index contributed by atoms with van der Waals surface area (Å²) in [6.45, 7) is 2.78. The third kappa shape index (κ3) is 3.90. The van der Waals surface area contributed by atoms with Gasteiger partial charge in [-0.15, -0.1) is 0 Å². The quantitative estimate of drug-likeness (QED) is 0.714. The Kier molecular flexibility index (Phi) is 4.39. The van der Waals surface area contributed by atoms with Gasteiger partial charge in [0.05, 0.1) is 24.5 Å². The van der Waals surface area contributed by atoms with Gasteiger partial charge in [0.1, 0.15) is 0 Å². The third-order valence-corrected chi connectivity index (χ3v) is 4.56. The van der Waals surface area contributed by atoms with Crippen molar-refractivity contribution in [1.29, 1.82) is 0 Å². The highest BCUT2D eigenvalue weighted by Gasteiger charge is 2.29. The summed E-state index contributed by atoms with van der Waals surface area (Å²) < 4.78 is 3.68. The molecule has 2 N–H and O–H groups in total. The first kappa shape index (κ1) is 16.3. The number of nitrogens with zero attached hydrogens (tertiary/aromatic N) is 5. The number of hydrogen-bond acceptors (Lipinski definition) is 4. The smallest absolute Gasteiger partial charge is 0.305 e.